The number of rotatable bonds is 3. The maximum atomic E-state index is 9.62. The fourth-order valence-corrected chi connectivity index (χ4v) is 2.62. The van der Waals surface area contributed by atoms with Crippen LogP contribution in [0.2, 0.25) is 0 Å². The van der Waals surface area contributed by atoms with Crippen LogP contribution in [0.1, 0.15) is 32.6 Å². The molecule has 0 bridgehead atoms. The minimum absolute atomic E-state index is 0.0796. The molecule has 0 aromatic rings. The lowest BCUT2D eigenvalue weighted by Gasteiger charge is -2.34. The predicted molar refractivity (Wildman–Crippen MR) is 59.8 cm³/mol. The molecule has 2 saturated heterocycles. The molecule has 1 N–H and O–H groups in total. The van der Waals surface area contributed by atoms with E-state index in [2.05, 4.69) is 11.8 Å². The van der Waals surface area contributed by atoms with Gasteiger partial charge in [0, 0.05) is 26.2 Å². The van der Waals surface area contributed by atoms with Gasteiger partial charge in [0.05, 0.1) is 12.2 Å². The summed E-state index contributed by atoms with van der Waals surface area (Å²) in [6.45, 7) is 6.34. The van der Waals surface area contributed by atoms with Crippen molar-refractivity contribution in [2.24, 2.45) is 5.92 Å². The molecule has 0 spiro atoms. The summed E-state index contributed by atoms with van der Waals surface area (Å²) in [4.78, 5) is 2.47. The number of nitrogens with zero attached hydrogens (tertiary/aromatic N) is 1. The van der Waals surface area contributed by atoms with Crippen molar-refractivity contribution in [2.75, 3.05) is 26.2 Å². The van der Waals surface area contributed by atoms with E-state index in [1.165, 1.54) is 19.3 Å². The van der Waals surface area contributed by atoms with E-state index in [-0.39, 0.29) is 6.10 Å². The fourth-order valence-electron chi connectivity index (χ4n) is 2.62. The van der Waals surface area contributed by atoms with Gasteiger partial charge in [-0.3, -0.25) is 0 Å². The van der Waals surface area contributed by atoms with Crippen LogP contribution in [0.15, 0.2) is 0 Å². The summed E-state index contributed by atoms with van der Waals surface area (Å²) in [5.74, 6) is 0.434. The molecule has 0 aromatic heterocycles. The summed E-state index contributed by atoms with van der Waals surface area (Å²) in [6, 6.07) is 0. The van der Waals surface area contributed by atoms with E-state index >= 15 is 0 Å². The molecule has 3 heteroatoms. The normalized spacial score (nSPS) is 38.4. The molecule has 2 fully saturated rings. The first kappa shape index (κ1) is 11.4. The molecular formula is C12H23NO2. The zero-order valence-corrected chi connectivity index (χ0v) is 9.69. The summed E-state index contributed by atoms with van der Waals surface area (Å²) >= 11 is 0. The third kappa shape index (κ3) is 3.16. The van der Waals surface area contributed by atoms with Crippen molar-refractivity contribution >= 4 is 0 Å². The Kier molecular flexibility index (Phi) is 4.00. The Hall–Kier alpha value is -0.120. The molecule has 88 valence electrons. The van der Waals surface area contributed by atoms with Gasteiger partial charge in [0.1, 0.15) is 0 Å². The Morgan fingerprint density at radius 2 is 2.27 bits per heavy atom. The number of piperidine rings is 1. The second-order valence-electron chi connectivity index (χ2n) is 5.06. The topological polar surface area (TPSA) is 32.7 Å². The summed E-state index contributed by atoms with van der Waals surface area (Å²) in [5, 5.41) is 9.62. The monoisotopic (exact) mass is 213 g/mol. The molecule has 2 aliphatic heterocycles. The van der Waals surface area contributed by atoms with Crippen LogP contribution in [-0.2, 0) is 4.74 Å². The van der Waals surface area contributed by atoms with Crippen molar-refractivity contribution < 1.29 is 9.84 Å². The first-order valence-corrected chi connectivity index (χ1v) is 6.27. The third-order valence-corrected chi connectivity index (χ3v) is 3.74. The smallest absolute Gasteiger partial charge is 0.0590 e. The maximum absolute atomic E-state index is 9.62. The second kappa shape index (κ2) is 5.28. The zero-order chi connectivity index (χ0) is 10.7. The van der Waals surface area contributed by atoms with Gasteiger partial charge in [0.25, 0.3) is 0 Å². The number of hydrogen-bond acceptors (Lipinski definition) is 3. The van der Waals surface area contributed by atoms with Crippen LogP contribution >= 0.6 is 0 Å². The Morgan fingerprint density at radius 1 is 1.40 bits per heavy atom. The highest BCUT2D eigenvalue weighted by Crippen LogP contribution is 2.19. The molecular weight excluding hydrogens is 190 g/mol. The average molecular weight is 213 g/mol. The zero-order valence-electron chi connectivity index (χ0n) is 9.69. The first-order chi connectivity index (χ1) is 7.25. The van der Waals surface area contributed by atoms with E-state index in [1.807, 2.05) is 0 Å². The van der Waals surface area contributed by atoms with Gasteiger partial charge in [0.2, 0.25) is 0 Å². The van der Waals surface area contributed by atoms with E-state index in [0.717, 1.165) is 32.7 Å². The number of hydrogen-bond donors (Lipinski definition) is 1. The highest BCUT2D eigenvalue weighted by atomic mass is 16.5. The number of likely N-dealkylation sites (tertiary alicyclic amines) is 1. The fraction of sp³-hybridized carbons (Fsp3) is 1.00. The van der Waals surface area contributed by atoms with Gasteiger partial charge >= 0.3 is 0 Å². The molecule has 2 heterocycles. The van der Waals surface area contributed by atoms with Crippen LogP contribution < -0.4 is 0 Å². The van der Waals surface area contributed by atoms with Crippen molar-refractivity contribution in [3.63, 3.8) is 0 Å². The van der Waals surface area contributed by atoms with Gasteiger partial charge in [-0.25, -0.2) is 0 Å². The lowest BCUT2D eigenvalue weighted by Crippen LogP contribution is -2.42. The Labute approximate surface area is 92.4 Å². The predicted octanol–water partition coefficient (Wildman–Crippen LogP) is 1.26. The van der Waals surface area contributed by atoms with Crippen molar-refractivity contribution in [3.8, 4) is 0 Å². The van der Waals surface area contributed by atoms with Crippen molar-refractivity contribution in [3.05, 3.63) is 0 Å². The third-order valence-electron chi connectivity index (χ3n) is 3.74. The van der Waals surface area contributed by atoms with Crippen molar-refractivity contribution in [1.82, 2.24) is 4.90 Å². The van der Waals surface area contributed by atoms with Gasteiger partial charge in [-0.2, -0.15) is 0 Å². The molecule has 3 atom stereocenters. The second-order valence-corrected chi connectivity index (χ2v) is 5.06. The summed E-state index contributed by atoms with van der Waals surface area (Å²) in [5.41, 5.74) is 0. The van der Waals surface area contributed by atoms with Crippen LogP contribution in [0.25, 0.3) is 0 Å². The largest absolute Gasteiger partial charge is 0.393 e. The van der Waals surface area contributed by atoms with E-state index in [9.17, 15) is 5.11 Å². The molecule has 3 unspecified atom stereocenters. The van der Waals surface area contributed by atoms with E-state index in [1.54, 1.807) is 0 Å². The molecule has 2 rings (SSSR count). The van der Waals surface area contributed by atoms with Crippen LogP contribution in [0.5, 0.6) is 0 Å². The molecule has 0 amide bonds. The van der Waals surface area contributed by atoms with Gasteiger partial charge < -0.3 is 14.7 Å². The minimum atomic E-state index is -0.0796. The summed E-state index contributed by atoms with van der Waals surface area (Å²) in [7, 11) is 0. The SMILES string of the molecule is CC1CN(CCC2CCCO2)CCC1O. The summed E-state index contributed by atoms with van der Waals surface area (Å²) in [6.07, 6.45) is 5.01. The van der Waals surface area contributed by atoms with Gasteiger partial charge in [-0.05, 0) is 31.6 Å². The molecule has 15 heavy (non-hydrogen) atoms. The van der Waals surface area contributed by atoms with Gasteiger partial charge in [-0.1, -0.05) is 6.92 Å². The van der Waals surface area contributed by atoms with Crippen LogP contribution in [0, 0.1) is 5.92 Å². The molecule has 0 aliphatic carbocycles. The molecule has 0 radical (unpaired) electrons. The summed E-state index contributed by atoms with van der Waals surface area (Å²) < 4.78 is 5.62. The van der Waals surface area contributed by atoms with Crippen molar-refractivity contribution in [1.29, 1.82) is 0 Å². The number of aliphatic hydroxyl groups is 1. The Bertz CT molecular complexity index is 192. The first-order valence-electron chi connectivity index (χ1n) is 6.27. The van der Waals surface area contributed by atoms with Crippen LogP contribution in [0.3, 0.4) is 0 Å². The lowest BCUT2D eigenvalue weighted by molar-refractivity contribution is 0.0259. The van der Waals surface area contributed by atoms with E-state index in [4.69, 9.17) is 4.74 Å². The highest BCUT2D eigenvalue weighted by Gasteiger charge is 2.25. The lowest BCUT2D eigenvalue weighted by atomic mass is 9.96. The quantitative estimate of drug-likeness (QED) is 0.766. The van der Waals surface area contributed by atoms with Crippen LogP contribution in [-0.4, -0.2) is 48.5 Å². The molecule has 0 aromatic carbocycles. The van der Waals surface area contributed by atoms with Crippen LogP contribution in [0.4, 0.5) is 0 Å². The Morgan fingerprint density at radius 3 is 2.93 bits per heavy atom. The molecule has 2 aliphatic rings. The van der Waals surface area contributed by atoms with E-state index < -0.39 is 0 Å². The minimum Gasteiger partial charge on any atom is -0.393 e. The highest BCUT2D eigenvalue weighted by molar-refractivity contribution is 4.78. The standard InChI is InChI=1S/C12H23NO2/c1-10-9-13(7-5-12(10)14)6-4-11-3-2-8-15-11/h10-12,14H,2-9H2,1H3. The van der Waals surface area contributed by atoms with Crippen molar-refractivity contribution in [2.45, 2.75) is 44.8 Å². The van der Waals surface area contributed by atoms with Gasteiger partial charge in [0.15, 0.2) is 0 Å². The number of ether oxygens (including phenoxy) is 1. The van der Waals surface area contributed by atoms with E-state index in [0.29, 0.717) is 12.0 Å². The Balaban J connectivity index is 1.66. The number of aliphatic hydroxyl groups excluding tert-OH is 1. The van der Waals surface area contributed by atoms with Gasteiger partial charge in [-0.15, -0.1) is 0 Å². The molecule has 0 saturated carbocycles. The maximum Gasteiger partial charge on any atom is 0.0590 e. The molecule has 3 nitrogen and oxygen atoms in total. The average Bonchev–Trinajstić information content (AvgIpc) is 2.73.